The Bertz CT molecular complexity index is 418. The molecule has 1 N–H and O–H groups in total. The Morgan fingerprint density at radius 3 is 3.00 bits per heavy atom. The smallest absolute Gasteiger partial charge is 0.407 e. The molecule has 2 heterocycles. The minimum atomic E-state index is -0.392. The van der Waals surface area contributed by atoms with Gasteiger partial charge in [-0.3, -0.25) is 0 Å². The fraction of sp³-hybridized carbons (Fsp3) is 0.300. The molecule has 5 nitrogen and oxygen atoms in total. The highest BCUT2D eigenvalue weighted by Crippen LogP contribution is 2.39. The van der Waals surface area contributed by atoms with Crippen LogP contribution in [0.2, 0.25) is 0 Å². The van der Waals surface area contributed by atoms with E-state index < -0.39 is 6.09 Å². The van der Waals surface area contributed by atoms with Crippen LogP contribution in [0.5, 0.6) is 11.5 Å². The Kier molecular flexibility index (Phi) is 1.71. The van der Waals surface area contributed by atoms with E-state index in [0.717, 1.165) is 5.56 Å². The van der Waals surface area contributed by atoms with Gasteiger partial charge in [-0.2, -0.15) is 0 Å². The summed E-state index contributed by atoms with van der Waals surface area (Å²) in [5, 5.41) is 2.70. The summed E-state index contributed by atoms with van der Waals surface area (Å²) in [7, 11) is 0. The largest absolute Gasteiger partial charge is 0.454 e. The summed E-state index contributed by atoms with van der Waals surface area (Å²) in [6.07, 6.45) is -0.392. The van der Waals surface area contributed by atoms with Gasteiger partial charge in [0, 0.05) is 5.56 Å². The predicted molar refractivity (Wildman–Crippen MR) is 49.8 cm³/mol. The van der Waals surface area contributed by atoms with E-state index in [1.54, 1.807) is 0 Å². The topological polar surface area (TPSA) is 56.8 Å². The van der Waals surface area contributed by atoms with Crippen LogP contribution in [0.3, 0.4) is 0 Å². The SMILES string of the molecule is O=C1N[C@@H](c2cccc3c2OCO3)CO1. The molecule has 1 aromatic rings. The van der Waals surface area contributed by atoms with E-state index in [-0.39, 0.29) is 12.8 Å². The van der Waals surface area contributed by atoms with Crippen molar-refractivity contribution < 1.29 is 19.0 Å². The van der Waals surface area contributed by atoms with Crippen molar-refractivity contribution in [2.75, 3.05) is 13.4 Å². The fourth-order valence-electron chi connectivity index (χ4n) is 1.78. The van der Waals surface area contributed by atoms with Crippen LogP contribution in [0.4, 0.5) is 4.79 Å². The molecule has 0 spiro atoms. The molecule has 1 aromatic carbocycles. The Labute approximate surface area is 85.9 Å². The van der Waals surface area contributed by atoms with Crippen LogP contribution in [-0.2, 0) is 4.74 Å². The molecule has 2 aliphatic heterocycles. The molecule has 78 valence electrons. The van der Waals surface area contributed by atoms with Crippen molar-refractivity contribution in [3.8, 4) is 11.5 Å². The quantitative estimate of drug-likeness (QED) is 0.751. The van der Waals surface area contributed by atoms with Gasteiger partial charge in [-0.1, -0.05) is 12.1 Å². The van der Waals surface area contributed by atoms with E-state index in [9.17, 15) is 4.79 Å². The maximum atomic E-state index is 10.9. The van der Waals surface area contributed by atoms with Crippen LogP contribution < -0.4 is 14.8 Å². The Morgan fingerprint density at radius 2 is 2.20 bits per heavy atom. The van der Waals surface area contributed by atoms with Gasteiger partial charge in [-0.25, -0.2) is 4.79 Å². The molecule has 0 radical (unpaired) electrons. The molecular weight excluding hydrogens is 198 g/mol. The molecule has 5 heteroatoms. The summed E-state index contributed by atoms with van der Waals surface area (Å²) < 4.78 is 15.4. The summed E-state index contributed by atoms with van der Waals surface area (Å²) in [5.74, 6) is 1.42. The van der Waals surface area contributed by atoms with Gasteiger partial charge in [0.2, 0.25) is 6.79 Å². The summed E-state index contributed by atoms with van der Waals surface area (Å²) in [6, 6.07) is 5.46. The lowest BCUT2D eigenvalue weighted by Crippen LogP contribution is -2.18. The molecule has 1 fully saturated rings. The zero-order valence-corrected chi connectivity index (χ0v) is 7.86. The van der Waals surface area contributed by atoms with E-state index in [1.807, 2.05) is 18.2 Å². The first kappa shape index (κ1) is 8.40. The van der Waals surface area contributed by atoms with E-state index in [0.29, 0.717) is 18.1 Å². The second-order valence-corrected chi connectivity index (χ2v) is 3.38. The second kappa shape index (κ2) is 3.05. The third-order valence-electron chi connectivity index (χ3n) is 2.48. The zero-order valence-electron chi connectivity index (χ0n) is 7.86. The molecule has 0 bridgehead atoms. The minimum Gasteiger partial charge on any atom is -0.454 e. The van der Waals surface area contributed by atoms with Gasteiger partial charge in [-0.05, 0) is 6.07 Å². The van der Waals surface area contributed by atoms with Gasteiger partial charge in [-0.15, -0.1) is 0 Å². The van der Waals surface area contributed by atoms with Crippen molar-refractivity contribution in [3.05, 3.63) is 23.8 Å². The molecule has 1 saturated heterocycles. The van der Waals surface area contributed by atoms with Crippen molar-refractivity contribution in [1.82, 2.24) is 5.32 Å². The fourth-order valence-corrected chi connectivity index (χ4v) is 1.78. The molecule has 0 unspecified atom stereocenters. The van der Waals surface area contributed by atoms with Gasteiger partial charge in [0.15, 0.2) is 11.5 Å². The lowest BCUT2D eigenvalue weighted by Gasteiger charge is -2.10. The molecule has 15 heavy (non-hydrogen) atoms. The third-order valence-corrected chi connectivity index (χ3v) is 2.48. The second-order valence-electron chi connectivity index (χ2n) is 3.38. The lowest BCUT2D eigenvalue weighted by atomic mass is 10.1. The summed E-state index contributed by atoms with van der Waals surface area (Å²) in [6.45, 7) is 0.562. The number of carbonyl (C=O) groups excluding carboxylic acids is 1. The molecule has 0 saturated carbocycles. The number of cyclic esters (lactones) is 1. The van der Waals surface area contributed by atoms with Crippen molar-refractivity contribution in [2.24, 2.45) is 0 Å². The van der Waals surface area contributed by atoms with Crippen molar-refractivity contribution in [2.45, 2.75) is 6.04 Å². The first-order chi connectivity index (χ1) is 7.34. The molecule has 0 aliphatic carbocycles. The van der Waals surface area contributed by atoms with Crippen LogP contribution >= 0.6 is 0 Å². The Hall–Kier alpha value is -1.91. The van der Waals surface area contributed by atoms with Crippen molar-refractivity contribution in [1.29, 1.82) is 0 Å². The summed E-state index contributed by atoms with van der Waals surface area (Å²) >= 11 is 0. The lowest BCUT2D eigenvalue weighted by molar-refractivity contribution is 0.171. The van der Waals surface area contributed by atoms with E-state index >= 15 is 0 Å². The highest BCUT2D eigenvalue weighted by molar-refractivity contribution is 5.70. The number of hydrogen-bond donors (Lipinski definition) is 1. The predicted octanol–water partition coefficient (Wildman–Crippen LogP) is 1.20. The Morgan fingerprint density at radius 1 is 1.27 bits per heavy atom. The summed E-state index contributed by atoms with van der Waals surface area (Å²) in [5.41, 5.74) is 0.899. The van der Waals surface area contributed by atoms with E-state index in [4.69, 9.17) is 14.2 Å². The highest BCUT2D eigenvalue weighted by atomic mass is 16.7. The number of rotatable bonds is 1. The average Bonchev–Trinajstić information content (AvgIpc) is 2.84. The number of nitrogens with one attached hydrogen (secondary N) is 1. The van der Waals surface area contributed by atoms with Gasteiger partial charge in [0.25, 0.3) is 0 Å². The number of para-hydroxylation sites is 1. The van der Waals surface area contributed by atoms with Crippen LogP contribution in [0.1, 0.15) is 11.6 Å². The summed E-state index contributed by atoms with van der Waals surface area (Å²) in [4.78, 5) is 10.9. The molecule has 1 amide bonds. The van der Waals surface area contributed by atoms with Gasteiger partial charge in [0.05, 0.1) is 6.04 Å². The first-order valence-corrected chi connectivity index (χ1v) is 4.66. The number of hydrogen-bond acceptors (Lipinski definition) is 4. The highest BCUT2D eigenvalue weighted by Gasteiger charge is 2.29. The average molecular weight is 207 g/mol. The third kappa shape index (κ3) is 1.27. The van der Waals surface area contributed by atoms with Gasteiger partial charge < -0.3 is 19.5 Å². The number of ether oxygens (including phenoxy) is 3. The maximum absolute atomic E-state index is 10.9. The minimum absolute atomic E-state index is 0.144. The number of alkyl carbamates (subject to hydrolysis) is 1. The number of benzene rings is 1. The van der Waals surface area contributed by atoms with Gasteiger partial charge >= 0.3 is 6.09 Å². The van der Waals surface area contributed by atoms with E-state index in [2.05, 4.69) is 5.32 Å². The van der Waals surface area contributed by atoms with Crippen LogP contribution in [0.25, 0.3) is 0 Å². The number of amides is 1. The Balaban J connectivity index is 1.98. The van der Waals surface area contributed by atoms with Crippen LogP contribution in [0.15, 0.2) is 18.2 Å². The molecule has 3 rings (SSSR count). The normalized spacial score (nSPS) is 22.4. The van der Waals surface area contributed by atoms with Crippen molar-refractivity contribution >= 4 is 6.09 Å². The van der Waals surface area contributed by atoms with Crippen LogP contribution in [0, 0.1) is 0 Å². The first-order valence-electron chi connectivity index (χ1n) is 4.66. The monoisotopic (exact) mass is 207 g/mol. The number of fused-ring (bicyclic) bond motifs is 1. The van der Waals surface area contributed by atoms with Crippen molar-refractivity contribution in [3.63, 3.8) is 0 Å². The van der Waals surface area contributed by atoms with Gasteiger partial charge in [0.1, 0.15) is 6.61 Å². The molecule has 0 aromatic heterocycles. The maximum Gasteiger partial charge on any atom is 0.407 e. The zero-order chi connectivity index (χ0) is 10.3. The standard InChI is InChI=1S/C10H9NO4/c12-10-11-7(4-13-10)6-2-1-3-8-9(6)15-5-14-8/h1-3,7H,4-5H2,(H,11,12)/t7-/m1/s1. The van der Waals surface area contributed by atoms with E-state index in [1.165, 1.54) is 0 Å². The van der Waals surface area contributed by atoms with Crippen LogP contribution in [-0.4, -0.2) is 19.5 Å². The molecule has 1 atom stereocenters. The number of carbonyl (C=O) groups is 1. The molecular formula is C10H9NO4. The molecule has 2 aliphatic rings.